The van der Waals surface area contributed by atoms with Crippen LogP contribution in [0.3, 0.4) is 0 Å². The predicted molar refractivity (Wildman–Crippen MR) is 50.8 cm³/mol. The van der Waals surface area contributed by atoms with E-state index in [0.29, 0.717) is 5.56 Å². The van der Waals surface area contributed by atoms with Crippen molar-refractivity contribution >= 4 is 12.1 Å². The van der Waals surface area contributed by atoms with Gasteiger partial charge in [-0.05, 0) is 17.7 Å². The minimum Gasteiger partial charge on any atom is -0.481 e. The molecule has 0 saturated heterocycles. The maximum absolute atomic E-state index is 10.8. The Morgan fingerprint density at radius 3 is 2.73 bits per heavy atom. The van der Waals surface area contributed by atoms with E-state index in [2.05, 4.69) is 4.74 Å². The lowest BCUT2D eigenvalue weighted by molar-refractivity contribution is -0.136. The third-order valence-corrected chi connectivity index (χ3v) is 1.62. The largest absolute Gasteiger partial charge is 0.513 e. The maximum atomic E-state index is 10.8. The number of rotatable bonds is 3. The van der Waals surface area contributed by atoms with Crippen molar-refractivity contribution in [1.82, 2.24) is 0 Å². The highest BCUT2D eigenvalue weighted by atomic mass is 16.7. The van der Waals surface area contributed by atoms with Gasteiger partial charge in [-0.15, -0.1) is 0 Å². The molecule has 0 radical (unpaired) electrons. The Hall–Kier alpha value is -2.04. The van der Waals surface area contributed by atoms with Crippen molar-refractivity contribution in [3.63, 3.8) is 0 Å². The molecule has 0 aliphatic heterocycles. The van der Waals surface area contributed by atoms with Gasteiger partial charge in [-0.3, -0.25) is 4.79 Å². The molecule has 15 heavy (non-hydrogen) atoms. The maximum Gasteiger partial charge on any atom is 0.513 e. The van der Waals surface area contributed by atoms with Gasteiger partial charge in [0.15, 0.2) is 0 Å². The predicted octanol–water partition coefficient (Wildman–Crippen LogP) is 1.46. The van der Waals surface area contributed by atoms with Gasteiger partial charge >= 0.3 is 12.1 Å². The number of carboxylic acid groups (broad SMARTS) is 1. The van der Waals surface area contributed by atoms with Crippen LogP contribution >= 0.6 is 0 Å². The van der Waals surface area contributed by atoms with Gasteiger partial charge in [0.05, 0.1) is 13.5 Å². The van der Waals surface area contributed by atoms with Gasteiger partial charge in [0.1, 0.15) is 5.75 Å². The number of ether oxygens (including phenoxy) is 2. The molecule has 0 unspecified atom stereocenters. The molecule has 0 bridgehead atoms. The van der Waals surface area contributed by atoms with E-state index in [0.717, 1.165) is 0 Å². The van der Waals surface area contributed by atoms with Gasteiger partial charge in [0, 0.05) is 0 Å². The third-order valence-electron chi connectivity index (χ3n) is 1.62. The number of carbonyl (C=O) groups is 2. The number of methoxy groups -OCH3 is 1. The molecule has 1 N–H and O–H groups in total. The summed E-state index contributed by atoms with van der Waals surface area (Å²) in [6, 6.07) is 6.27. The molecule has 1 rings (SSSR count). The van der Waals surface area contributed by atoms with Gasteiger partial charge in [-0.25, -0.2) is 4.79 Å². The highest BCUT2D eigenvalue weighted by Crippen LogP contribution is 2.14. The fraction of sp³-hybridized carbons (Fsp3) is 0.200. The van der Waals surface area contributed by atoms with Crippen LogP contribution in [0.5, 0.6) is 5.75 Å². The first kappa shape index (κ1) is 11.0. The summed E-state index contributed by atoms with van der Waals surface area (Å²) in [5.41, 5.74) is 0.559. The second-order valence-corrected chi connectivity index (χ2v) is 2.77. The first-order chi connectivity index (χ1) is 7.11. The Kier molecular flexibility index (Phi) is 3.68. The van der Waals surface area contributed by atoms with E-state index < -0.39 is 12.1 Å². The van der Waals surface area contributed by atoms with E-state index in [1.54, 1.807) is 18.2 Å². The van der Waals surface area contributed by atoms with Crippen molar-refractivity contribution < 1.29 is 24.2 Å². The number of carboxylic acids is 1. The Morgan fingerprint density at radius 1 is 1.40 bits per heavy atom. The zero-order valence-corrected chi connectivity index (χ0v) is 8.10. The van der Waals surface area contributed by atoms with Gasteiger partial charge in [0.25, 0.3) is 0 Å². The highest BCUT2D eigenvalue weighted by molar-refractivity contribution is 5.70. The summed E-state index contributed by atoms with van der Waals surface area (Å²) in [7, 11) is 1.20. The Bertz CT molecular complexity index is 372. The zero-order chi connectivity index (χ0) is 11.3. The molecule has 0 atom stereocenters. The molecular weight excluding hydrogens is 200 g/mol. The first-order valence-corrected chi connectivity index (χ1v) is 4.18. The van der Waals surface area contributed by atoms with Gasteiger partial charge < -0.3 is 14.6 Å². The second kappa shape index (κ2) is 4.99. The molecule has 0 heterocycles. The molecule has 0 fully saturated rings. The van der Waals surface area contributed by atoms with Crippen molar-refractivity contribution in [3.05, 3.63) is 29.8 Å². The van der Waals surface area contributed by atoms with Gasteiger partial charge in [0.2, 0.25) is 0 Å². The van der Waals surface area contributed by atoms with E-state index in [4.69, 9.17) is 9.84 Å². The Morgan fingerprint density at radius 2 is 2.13 bits per heavy atom. The quantitative estimate of drug-likeness (QED) is 0.604. The fourth-order valence-corrected chi connectivity index (χ4v) is 1.03. The molecule has 0 amide bonds. The summed E-state index contributed by atoms with van der Waals surface area (Å²) < 4.78 is 9.03. The highest BCUT2D eigenvalue weighted by Gasteiger charge is 2.05. The normalized spacial score (nSPS) is 9.40. The minimum atomic E-state index is -0.940. The topological polar surface area (TPSA) is 72.8 Å². The standard InChI is InChI=1S/C10H10O5/c1-14-10(13)15-8-4-2-3-7(5-8)6-9(11)12/h2-5H,6H2,1H3,(H,11,12). The summed E-state index contributed by atoms with van der Waals surface area (Å²) in [6.45, 7) is 0. The van der Waals surface area contributed by atoms with E-state index in [-0.39, 0.29) is 12.2 Å². The van der Waals surface area contributed by atoms with Crippen molar-refractivity contribution in [2.24, 2.45) is 0 Å². The summed E-state index contributed by atoms with van der Waals surface area (Å²) in [5.74, 6) is -0.675. The SMILES string of the molecule is COC(=O)Oc1cccc(CC(=O)O)c1. The molecule has 5 heteroatoms. The van der Waals surface area contributed by atoms with Crippen molar-refractivity contribution in [2.75, 3.05) is 7.11 Å². The van der Waals surface area contributed by atoms with Crippen LogP contribution in [0.4, 0.5) is 4.79 Å². The molecule has 1 aromatic rings. The Labute approximate surface area is 86.2 Å². The van der Waals surface area contributed by atoms with Crippen LogP contribution in [0.25, 0.3) is 0 Å². The van der Waals surface area contributed by atoms with Crippen molar-refractivity contribution in [3.8, 4) is 5.75 Å². The zero-order valence-electron chi connectivity index (χ0n) is 8.10. The van der Waals surface area contributed by atoms with Crippen LogP contribution in [0.15, 0.2) is 24.3 Å². The summed E-state index contributed by atoms with van der Waals surface area (Å²) in [4.78, 5) is 21.2. The van der Waals surface area contributed by atoms with Crippen LogP contribution in [-0.2, 0) is 16.0 Å². The monoisotopic (exact) mass is 210 g/mol. The molecular formula is C10H10O5. The molecule has 5 nitrogen and oxygen atoms in total. The molecule has 1 aromatic carbocycles. The van der Waals surface area contributed by atoms with Crippen LogP contribution in [0.2, 0.25) is 0 Å². The second-order valence-electron chi connectivity index (χ2n) is 2.77. The van der Waals surface area contributed by atoms with Gasteiger partial charge in [-0.2, -0.15) is 0 Å². The van der Waals surface area contributed by atoms with Crippen LogP contribution in [0, 0.1) is 0 Å². The van der Waals surface area contributed by atoms with Crippen LogP contribution in [-0.4, -0.2) is 24.3 Å². The lowest BCUT2D eigenvalue weighted by Crippen LogP contribution is -2.07. The molecule has 0 saturated carbocycles. The van der Waals surface area contributed by atoms with E-state index in [1.807, 2.05) is 0 Å². The molecule has 0 aliphatic carbocycles. The average Bonchev–Trinajstić information content (AvgIpc) is 2.17. The fourth-order valence-electron chi connectivity index (χ4n) is 1.03. The van der Waals surface area contributed by atoms with Gasteiger partial charge in [-0.1, -0.05) is 12.1 Å². The van der Waals surface area contributed by atoms with E-state index >= 15 is 0 Å². The van der Waals surface area contributed by atoms with E-state index in [1.165, 1.54) is 13.2 Å². The number of carbonyl (C=O) groups excluding carboxylic acids is 1. The lowest BCUT2D eigenvalue weighted by Gasteiger charge is -2.03. The number of aliphatic carboxylic acids is 1. The van der Waals surface area contributed by atoms with Crippen molar-refractivity contribution in [1.29, 1.82) is 0 Å². The van der Waals surface area contributed by atoms with Crippen LogP contribution in [0.1, 0.15) is 5.56 Å². The smallest absolute Gasteiger partial charge is 0.481 e. The molecule has 0 aromatic heterocycles. The average molecular weight is 210 g/mol. The molecule has 0 aliphatic rings. The molecule has 80 valence electrons. The van der Waals surface area contributed by atoms with E-state index in [9.17, 15) is 9.59 Å². The summed E-state index contributed by atoms with van der Waals surface area (Å²) in [5, 5.41) is 8.55. The molecule has 0 spiro atoms. The minimum absolute atomic E-state index is 0.113. The third kappa shape index (κ3) is 3.68. The number of hydrogen-bond donors (Lipinski definition) is 1. The number of benzene rings is 1. The summed E-state index contributed by atoms with van der Waals surface area (Å²) in [6.07, 6.45) is -0.944. The first-order valence-electron chi connectivity index (χ1n) is 4.18. The summed E-state index contributed by atoms with van der Waals surface area (Å²) >= 11 is 0. The number of hydrogen-bond acceptors (Lipinski definition) is 4. The Balaban J connectivity index is 2.74. The lowest BCUT2D eigenvalue weighted by atomic mass is 10.1. The van der Waals surface area contributed by atoms with Crippen LogP contribution < -0.4 is 4.74 Å². The van der Waals surface area contributed by atoms with Crippen molar-refractivity contribution in [2.45, 2.75) is 6.42 Å².